The van der Waals surface area contributed by atoms with Crippen LogP contribution in [0.1, 0.15) is 25.8 Å². The molecule has 0 aliphatic heterocycles. The van der Waals surface area contributed by atoms with Crippen LogP contribution in [-0.2, 0) is 0 Å². The van der Waals surface area contributed by atoms with Crippen LogP contribution in [0.15, 0.2) is 48.1 Å². The summed E-state index contributed by atoms with van der Waals surface area (Å²) in [6.07, 6.45) is 3.71. The topological polar surface area (TPSA) is 0 Å². The maximum atomic E-state index is 4.28. The Labute approximate surface area is 97.7 Å². The molecule has 2 aliphatic carbocycles. The van der Waals surface area contributed by atoms with E-state index in [1.54, 1.807) is 5.57 Å². The highest BCUT2D eigenvalue weighted by atomic mass is 14.6. The molecule has 2 saturated carbocycles. The fourth-order valence-electron chi connectivity index (χ4n) is 3.05. The average Bonchev–Trinajstić information content (AvgIpc) is 3.01. The van der Waals surface area contributed by atoms with Gasteiger partial charge in [-0.05, 0) is 23.8 Å². The van der Waals surface area contributed by atoms with Crippen LogP contribution in [0.2, 0.25) is 0 Å². The summed E-state index contributed by atoms with van der Waals surface area (Å²) in [5.74, 6) is 1.58. The van der Waals surface area contributed by atoms with Crippen molar-refractivity contribution in [2.24, 2.45) is 17.3 Å². The number of rotatable bonds is 1. The third-order valence-corrected chi connectivity index (χ3v) is 4.28. The summed E-state index contributed by atoms with van der Waals surface area (Å²) in [5, 5.41) is 0. The van der Waals surface area contributed by atoms with Crippen molar-refractivity contribution >= 4 is 6.08 Å². The quantitative estimate of drug-likeness (QED) is 0.606. The fraction of sp³-hybridized carbons (Fsp3) is 0.375. The van der Waals surface area contributed by atoms with Crippen molar-refractivity contribution in [2.75, 3.05) is 0 Å². The molecule has 0 amide bonds. The summed E-state index contributed by atoms with van der Waals surface area (Å²) in [6.45, 7) is 8.91. The van der Waals surface area contributed by atoms with E-state index in [2.05, 4.69) is 56.8 Å². The average molecular weight is 210 g/mol. The van der Waals surface area contributed by atoms with Gasteiger partial charge >= 0.3 is 0 Å². The highest BCUT2D eigenvalue weighted by Crippen LogP contribution is 2.65. The lowest BCUT2D eigenvalue weighted by atomic mass is 9.79. The Balaban J connectivity index is 2.02. The predicted octanol–water partition coefficient (Wildman–Crippen LogP) is 4.30. The monoisotopic (exact) mass is 210 g/mol. The van der Waals surface area contributed by atoms with E-state index in [4.69, 9.17) is 0 Å². The molecule has 0 spiro atoms. The van der Waals surface area contributed by atoms with Gasteiger partial charge in [0.15, 0.2) is 0 Å². The molecule has 0 saturated heterocycles. The highest BCUT2D eigenvalue weighted by Gasteiger charge is 2.55. The first-order chi connectivity index (χ1) is 7.60. The van der Waals surface area contributed by atoms with Gasteiger partial charge in [0, 0.05) is 5.41 Å². The predicted molar refractivity (Wildman–Crippen MR) is 68.9 cm³/mol. The van der Waals surface area contributed by atoms with E-state index < -0.39 is 0 Å². The minimum Gasteiger partial charge on any atom is -0.0987 e. The van der Waals surface area contributed by atoms with Crippen LogP contribution in [0.25, 0.3) is 6.08 Å². The molecule has 1 aromatic carbocycles. The molecular formula is C16H18. The molecule has 0 unspecified atom stereocenters. The smallest absolute Gasteiger partial charge is 0.00706 e. The number of hydrogen-bond donors (Lipinski definition) is 0. The first kappa shape index (κ1) is 9.89. The van der Waals surface area contributed by atoms with Gasteiger partial charge in [0.1, 0.15) is 0 Å². The van der Waals surface area contributed by atoms with Crippen LogP contribution in [0, 0.1) is 17.3 Å². The third kappa shape index (κ3) is 1.29. The summed E-state index contributed by atoms with van der Waals surface area (Å²) in [7, 11) is 0. The van der Waals surface area contributed by atoms with Crippen molar-refractivity contribution in [3.8, 4) is 0 Å². The van der Waals surface area contributed by atoms with E-state index in [9.17, 15) is 0 Å². The van der Waals surface area contributed by atoms with E-state index in [1.807, 2.05) is 0 Å². The SMILES string of the molecule is C=C1[C@@H]2C[C@@H]2/C(=C\c2ccccc2)C1(C)C. The maximum absolute atomic E-state index is 4.28. The zero-order valence-electron chi connectivity index (χ0n) is 10.0. The lowest BCUT2D eigenvalue weighted by Gasteiger charge is -2.25. The lowest BCUT2D eigenvalue weighted by Crippen LogP contribution is -2.13. The summed E-state index contributed by atoms with van der Waals surface area (Å²) in [5.41, 5.74) is 4.57. The summed E-state index contributed by atoms with van der Waals surface area (Å²) in [4.78, 5) is 0. The Morgan fingerprint density at radius 1 is 1.19 bits per heavy atom. The highest BCUT2D eigenvalue weighted by molar-refractivity contribution is 5.61. The van der Waals surface area contributed by atoms with Gasteiger partial charge in [0.05, 0.1) is 0 Å². The molecule has 16 heavy (non-hydrogen) atoms. The van der Waals surface area contributed by atoms with Crippen molar-refractivity contribution in [1.29, 1.82) is 0 Å². The van der Waals surface area contributed by atoms with E-state index in [0.29, 0.717) is 0 Å². The number of fused-ring (bicyclic) bond motifs is 1. The number of allylic oxidation sites excluding steroid dienone is 2. The Morgan fingerprint density at radius 2 is 1.88 bits per heavy atom. The zero-order chi connectivity index (χ0) is 11.3. The molecule has 2 fully saturated rings. The van der Waals surface area contributed by atoms with E-state index >= 15 is 0 Å². The largest absolute Gasteiger partial charge is 0.0987 e. The van der Waals surface area contributed by atoms with Crippen LogP contribution in [0.3, 0.4) is 0 Å². The standard InChI is InChI=1S/C16H18/c1-11-13-10-14(13)15(16(11,2)3)9-12-7-5-4-6-8-12/h4-9,13-14H,1,10H2,2-3H3/b15-9+/t13-,14-/m0/s1. The molecule has 0 heteroatoms. The second kappa shape index (κ2) is 3.10. The summed E-state index contributed by atoms with van der Waals surface area (Å²) < 4.78 is 0. The van der Waals surface area contributed by atoms with Crippen molar-refractivity contribution in [1.82, 2.24) is 0 Å². The first-order valence-electron chi connectivity index (χ1n) is 6.07. The van der Waals surface area contributed by atoms with Crippen molar-refractivity contribution in [3.05, 3.63) is 53.6 Å². The Bertz CT molecular complexity index is 462. The normalized spacial score (nSPS) is 32.9. The molecule has 1 aromatic rings. The number of hydrogen-bond acceptors (Lipinski definition) is 0. The van der Waals surface area contributed by atoms with Gasteiger partial charge in [-0.1, -0.05) is 68.0 Å². The molecule has 2 aliphatic rings. The van der Waals surface area contributed by atoms with Gasteiger partial charge < -0.3 is 0 Å². The molecule has 0 aromatic heterocycles. The first-order valence-corrected chi connectivity index (χ1v) is 6.07. The molecule has 0 radical (unpaired) electrons. The Morgan fingerprint density at radius 3 is 2.44 bits per heavy atom. The van der Waals surface area contributed by atoms with Crippen molar-refractivity contribution in [2.45, 2.75) is 20.3 Å². The van der Waals surface area contributed by atoms with Gasteiger partial charge in [0.2, 0.25) is 0 Å². The maximum Gasteiger partial charge on any atom is 0.00706 e. The Kier molecular flexibility index (Phi) is 1.92. The third-order valence-electron chi connectivity index (χ3n) is 4.28. The lowest BCUT2D eigenvalue weighted by molar-refractivity contribution is 0.540. The van der Waals surface area contributed by atoms with Crippen LogP contribution in [-0.4, -0.2) is 0 Å². The molecule has 3 rings (SSSR count). The van der Waals surface area contributed by atoms with Crippen LogP contribution >= 0.6 is 0 Å². The molecule has 0 N–H and O–H groups in total. The van der Waals surface area contributed by atoms with Gasteiger partial charge in [-0.3, -0.25) is 0 Å². The fourth-order valence-corrected chi connectivity index (χ4v) is 3.05. The second-order valence-electron chi connectivity index (χ2n) is 5.61. The molecular weight excluding hydrogens is 192 g/mol. The van der Waals surface area contributed by atoms with Gasteiger partial charge in [0.25, 0.3) is 0 Å². The Hall–Kier alpha value is -1.30. The van der Waals surface area contributed by atoms with Crippen molar-refractivity contribution in [3.63, 3.8) is 0 Å². The van der Waals surface area contributed by atoms with E-state index in [-0.39, 0.29) is 5.41 Å². The number of benzene rings is 1. The second-order valence-corrected chi connectivity index (χ2v) is 5.61. The van der Waals surface area contributed by atoms with Gasteiger partial charge in [-0.2, -0.15) is 0 Å². The minimum absolute atomic E-state index is 0.212. The molecule has 0 nitrogen and oxygen atoms in total. The summed E-state index contributed by atoms with van der Waals surface area (Å²) in [6, 6.07) is 10.6. The summed E-state index contributed by atoms with van der Waals surface area (Å²) >= 11 is 0. The molecule has 0 heterocycles. The van der Waals surface area contributed by atoms with Crippen LogP contribution < -0.4 is 0 Å². The minimum atomic E-state index is 0.212. The molecule has 0 bridgehead atoms. The van der Waals surface area contributed by atoms with Crippen molar-refractivity contribution < 1.29 is 0 Å². The van der Waals surface area contributed by atoms with E-state index in [0.717, 1.165) is 11.8 Å². The van der Waals surface area contributed by atoms with Crippen LogP contribution in [0.4, 0.5) is 0 Å². The molecule has 82 valence electrons. The van der Waals surface area contributed by atoms with E-state index in [1.165, 1.54) is 17.6 Å². The zero-order valence-corrected chi connectivity index (χ0v) is 10.0. The van der Waals surface area contributed by atoms with Gasteiger partial charge in [-0.25, -0.2) is 0 Å². The molecule has 2 atom stereocenters. The van der Waals surface area contributed by atoms with Gasteiger partial charge in [-0.15, -0.1) is 0 Å². The van der Waals surface area contributed by atoms with Crippen LogP contribution in [0.5, 0.6) is 0 Å².